The van der Waals surface area contributed by atoms with Crippen LogP contribution in [0.25, 0.3) is 0 Å². The molecule has 2 aromatic rings. The van der Waals surface area contributed by atoms with E-state index in [9.17, 15) is 0 Å². The van der Waals surface area contributed by atoms with Crippen molar-refractivity contribution in [1.29, 1.82) is 0 Å². The lowest BCUT2D eigenvalue weighted by molar-refractivity contribution is 0.389. The highest BCUT2D eigenvalue weighted by Crippen LogP contribution is 2.22. The van der Waals surface area contributed by atoms with Crippen molar-refractivity contribution in [1.82, 2.24) is 20.1 Å². The lowest BCUT2D eigenvalue weighted by Gasteiger charge is -2.16. The highest BCUT2D eigenvalue weighted by Gasteiger charge is 2.17. The molecular weight excluding hydrogens is 264 g/mol. The Hall–Kier alpha value is -1.88. The third-order valence-electron chi connectivity index (χ3n) is 3.81. The zero-order valence-corrected chi connectivity index (χ0v) is 13.5. The Kier molecular flexibility index (Phi) is 4.96. The average Bonchev–Trinajstić information content (AvgIpc) is 2.79. The summed E-state index contributed by atoms with van der Waals surface area (Å²) in [6, 6.07) is 4.19. The Bertz CT molecular complexity index is 606. The Morgan fingerprint density at radius 1 is 1.38 bits per heavy atom. The monoisotopic (exact) mass is 288 g/mol. The van der Waals surface area contributed by atoms with Gasteiger partial charge >= 0.3 is 0 Å². The summed E-state index contributed by atoms with van der Waals surface area (Å²) in [5.74, 6) is 0.676. The molecule has 0 saturated carbocycles. The number of aryl methyl sites for hydroxylation is 2. The topological polar surface area (TPSA) is 52.0 Å². The van der Waals surface area contributed by atoms with Crippen LogP contribution >= 0.6 is 0 Å². The van der Waals surface area contributed by atoms with E-state index >= 15 is 0 Å². The van der Waals surface area contributed by atoms with Gasteiger partial charge in [0.25, 0.3) is 0 Å². The van der Waals surface area contributed by atoms with E-state index in [-0.39, 0.29) is 6.04 Å². The van der Waals surface area contributed by atoms with E-state index in [2.05, 4.69) is 43.1 Å². The van der Waals surface area contributed by atoms with Crippen LogP contribution in [0.1, 0.15) is 42.4 Å². The average molecular weight is 288 g/mol. The quantitative estimate of drug-likeness (QED) is 0.888. The van der Waals surface area contributed by atoms with Crippen LogP contribution in [0.4, 0.5) is 0 Å². The molecule has 2 rings (SSSR count). The summed E-state index contributed by atoms with van der Waals surface area (Å²) in [7, 11) is 1.65. The molecule has 5 nitrogen and oxygen atoms in total. The lowest BCUT2D eigenvalue weighted by Crippen LogP contribution is -2.20. The van der Waals surface area contributed by atoms with Gasteiger partial charge < -0.3 is 10.1 Å². The summed E-state index contributed by atoms with van der Waals surface area (Å²) >= 11 is 0. The van der Waals surface area contributed by atoms with Gasteiger partial charge in [-0.2, -0.15) is 5.10 Å². The summed E-state index contributed by atoms with van der Waals surface area (Å²) in [6.07, 6.45) is 1.74. The number of hydrogen-bond donors (Lipinski definition) is 1. The molecule has 114 valence electrons. The summed E-state index contributed by atoms with van der Waals surface area (Å²) in [5, 5.41) is 8.11. The number of rotatable bonds is 6. The Morgan fingerprint density at radius 3 is 2.76 bits per heavy atom. The first kappa shape index (κ1) is 15.5. The van der Waals surface area contributed by atoms with E-state index < -0.39 is 0 Å². The van der Waals surface area contributed by atoms with Crippen LogP contribution in [0.5, 0.6) is 5.88 Å². The Balaban J connectivity index is 2.12. The van der Waals surface area contributed by atoms with Crippen LogP contribution in [0.3, 0.4) is 0 Å². The summed E-state index contributed by atoms with van der Waals surface area (Å²) in [6.45, 7) is 10.1. The van der Waals surface area contributed by atoms with E-state index in [4.69, 9.17) is 4.74 Å². The number of methoxy groups -OCH3 is 1. The summed E-state index contributed by atoms with van der Waals surface area (Å²) in [4.78, 5) is 4.22. The van der Waals surface area contributed by atoms with E-state index in [1.165, 1.54) is 11.3 Å². The highest BCUT2D eigenvalue weighted by atomic mass is 16.5. The molecule has 0 saturated heterocycles. The van der Waals surface area contributed by atoms with Gasteiger partial charge in [-0.3, -0.25) is 4.68 Å². The number of aromatic nitrogens is 3. The smallest absolute Gasteiger partial charge is 0.217 e. The van der Waals surface area contributed by atoms with Gasteiger partial charge in [-0.05, 0) is 33.8 Å². The minimum absolute atomic E-state index is 0.232. The molecule has 1 atom stereocenters. The number of ether oxygens (including phenoxy) is 1. The molecule has 21 heavy (non-hydrogen) atoms. The fourth-order valence-corrected chi connectivity index (χ4v) is 2.75. The van der Waals surface area contributed by atoms with E-state index in [0.29, 0.717) is 12.4 Å². The molecule has 0 spiro atoms. The van der Waals surface area contributed by atoms with Crippen molar-refractivity contribution in [3.8, 4) is 5.88 Å². The van der Waals surface area contributed by atoms with Crippen LogP contribution in [-0.4, -0.2) is 21.9 Å². The van der Waals surface area contributed by atoms with Crippen molar-refractivity contribution < 1.29 is 4.74 Å². The molecular formula is C16H24N4O. The Morgan fingerprint density at radius 2 is 2.14 bits per heavy atom. The van der Waals surface area contributed by atoms with Gasteiger partial charge in [0.15, 0.2) is 0 Å². The van der Waals surface area contributed by atoms with Crippen molar-refractivity contribution in [3.63, 3.8) is 0 Å². The maximum atomic E-state index is 5.28. The number of nitrogens with zero attached hydrogens (tertiary/aromatic N) is 3. The normalized spacial score (nSPS) is 12.4. The van der Waals surface area contributed by atoms with Crippen LogP contribution in [0.2, 0.25) is 0 Å². The van der Waals surface area contributed by atoms with Crippen molar-refractivity contribution in [2.45, 2.75) is 46.8 Å². The van der Waals surface area contributed by atoms with Crippen molar-refractivity contribution in [2.24, 2.45) is 0 Å². The third-order valence-corrected chi connectivity index (χ3v) is 3.81. The van der Waals surface area contributed by atoms with Gasteiger partial charge in [0, 0.05) is 42.1 Å². The maximum Gasteiger partial charge on any atom is 0.217 e. The molecule has 2 aromatic heterocycles. The molecule has 0 amide bonds. The molecule has 0 aliphatic carbocycles. The number of nitrogens with one attached hydrogen (secondary N) is 1. The molecule has 1 unspecified atom stereocenters. The largest absolute Gasteiger partial charge is 0.481 e. The zero-order valence-electron chi connectivity index (χ0n) is 13.5. The number of pyridine rings is 1. The first-order valence-electron chi connectivity index (χ1n) is 7.33. The standard InChI is InChI=1S/C16H24N4O/c1-6-20-13(4)15(12(3)19-20)11(2)18-10-14-8-7-9-17-16(14)21-5/h7-9,11,18H,6,10H2,1-5H3. The van der Waals surface area contributed by atoms with Gasteiger partial charge in [0.1, 0.15) is 0 Å². The van der Waals surface area contributed by atoms with Gasteiger partial charge in [0.2, 0.25) is 5.88 Å². The fraction of sp³-hybridized carbons (Fsp3) is 0.500. The van der Waals surface area contributed by atoms with E-state index in [1.54, 1.807) is 13.3 Å². The van der Waals surface area contributed by atoms with Crippen LogP contribution in [0, 0.1) is 13.8 Å². The zero-order chi connectivity index (χ0) is 15.4. The van der Waals surface area contributed by atoms with Crippen molar-refractivity contribution in [3.05, 3.63) is 40.8 Å². The third kappa shape index (κ3) is 3.24. The predicted molar refractivity (Wildman–Crippen MR) is 83.4 cm³/mol. The summed E-state index contributed by atoms with van der Waals surface area (Å²) < 4.78 is 7.33. The van der Waals surface area contributed by atoms with Gasteiger partial charge in [-0.25, -0.2) is 4.98 Å². The molecule has 0 bridgehead atoms. The van der Waals surface area contributed by atoms with Crippen LogP contribution < -0.4 is 10.1 Å². The van der Waals surface area contributed by atoms with Crippen LogP contribution in [-0.2, 0) is 13.1 Å². The molecule has 1 N–H and O–H groups in total. The minimum Gasteiger partial charge on any atom is -0.481 e. The predicted octanol–water partition coefficient (Wildman–Crippen LogP) is 2.77. The molecule has 0 aromatic carbocycles. The second kappa shape index (κ2) is 6.72. The minimum atomic E-state index is 0.232. The van der Waals surface area contributed by atoms with Crippen molar-refractivity contribution >= 4 is 0 Å². The second-order valence-corrected chi connectivity index (χ2v) is 5.17. The van der Waals surface area contributed by atoms with Crippen LogP contribution in [0.15, 0.2) is 18.3 Å². The summed E-state index contributed by atoms with van der Waals surface area (Å²) in [5.41, 5.74) is 4.66. The first-order chi connectivity index (χ1) is 10.1. The Labute approximate surface area is 126 Å². The number of hydrogen-bond acceptors (Lipinski definition) is 4. The highest BCUT2D eigenvalue weighted by molar-refractivity contribution is 5.29. The van der Waals surface area contributed by atoms with Gasteiger partial charge in [-0.1, -0.05) is 6.07 Å². The van der Waals surface area contributed by atoms with Crippen molar-refractivity contribution in [2.75, 3.05) is 7.11 Å². The van der Waals surface area contributed by atoms with E-state index in [1.807, 2.05) is 16.8 Å². The van der Waals surface area contributed by atoms with Gasteiger partial charge in [-0.15, -0.1) is 0 Å². The molecule has 5 heteroatoms. The van der Waals surface area contributed by atoms with E-state index in [0.717, 1.165) is 17.8 Å². The maximum absolute atomic E-state index is 5.28. The molecule has 0 radical (unpaired) electrons. The second-order valence-electron chi connectivity index (χ2n) is 5.17. The lowest BCUT2D eigenvalue weighted by atomic mass is 10.1. The molecule has 0 aliphatic heterocycles. The SMILES string of the molecule is CCn1nc(C)c(C(C)NCc2cccnc2OC)c1C. The van der Waals surface area contributed by atoms with Gasteiger partial charge in [0.05, 0.1) is 12.8 Å². The fourth-order valence-electron chi connectivity index (χ4n) is 2.75. The molecule has 2 heterocycles. The molecule has 0 fully saturated rings. The molecule has 0 aliphatic rings. The first-order valence-corrected chi connectivity index (χ1v) is 7.33.